The molecular weight excluding hydrogens is 321 g/mol. The Balaban J connectivity index is 2.73. The minimum absolute atomic E-state index is 0.452. The number of hydrogen-bond acceptors (Lipinski definition) is 2. The van der Waals surface area contributed by atoms with Gasteiger partial charge in [0.2, 0.25) is 5.91 Å². The first kappa shape index (κ1) is 12.7. The molecule has 1 aromatic rings. The molecule has 1 aromatic carbocycles. The highest BCUT2D eigenvalue weighted by molar-refractivity contribution is 14.1. The summed E-state index contributed by atoms with van der Waals surface area (Å²) in [4.78, 5) is 21.5. The Morgan fingerprint density at radius 2 is 2.06 bits per heavy atom. The van der Waals surface area contributed by atoms with Crippen molar-refractivity contribution in [3.8, 4) is 0 Å². The lowest BCUT2D eigenvalue weighted by atomic mass is 10.2. The van der Waals surface area contributed by atoms with E-state index in [1.807, 2.05) is 19.1 Å². The van der Waals surface area contributed by atoms with Crippen molar-refractivity contribution in [1.29, 1.82) is 0 Å². The Hall–Kier alpha value is -1.37. The lowest BCUT2D eigenvalue weighted by Crippen LogP contribution is -2.09. The number of carbonyl (C=O) groups is 2. The molecular formula is C11H10INO3. The highest BCUT2D eigenvalue weighted by Gasteiger charge is 2.02. The summed E-state index contributed by atoms with van der Waals surface area (Å²) in [6.07, 6.45) is 1.79. The Labute approximate surface area is 106 Å². The van der Waals surface area contributed by atoms with Crippen LogP contribution in [-0.4, -0.2) is 17.0 Å². The molecule has 1 amide bonds. The molecule has 0 atom stereocenters. The quantitative estimate of drug-likeness (QED) is 0.659. The summed E-state index contributed by atoms with van der Waals surface area (Å²) in [5.74, 6) is -1.60. The van der Waals surface area contributed by atoms with Crippen LogP contribution in [0, 0.1) is 10.5 Å². The monoisotopic (exact) mass is 331 g/mol. The number of amides is 1. The van der Waals surface area contributed by atoms with Gasteiger partial charge in [-0.15, -0.1) is 0 Å². The number of rotatable bonds is 3. The molecule has 0 aliphatic heterocycles. The van der Waals surface area contributed by atoms with E-state index in [9.17, 15) is 9.59 Å². The molecule has 16 heavy (non-hydrogen) atoms. The SMILES string of the molecule is Cc1cc(I)ccc1NC(=O)C=CC(=O)O. The van der Waals surface area contributed by atoms with Crippen LogP contribution in [0.3, 0.4) is 0 Å². The molecule has 0 saturated heterocycles. The third-order valence-corrected chi connectivity index (χ3v) is 2.49. The lowest BCUT2D eigenvalue weighted by molar-refractivity contribution is -0.131. The Morgan fingerprint density at radius 3 is 2.62 bits per heavy atom. The summed E-state index contributed by atoms with van der Waals surface area (Å²) in [6, 6.07) is 5.57. The minimum Gasteiger partial charge on any atom is -0.478 e. The lowest BCUT2D eigenvalue weighted by Gasteiger charge is -2.06. The molecule has 0 heterocycles. The Morgan fingerprint density at radius 1 is 1.38 bits per heavy atom. The van der Waals surface area contributed by atoms with Gasteiger partial charge in [-0.1, -0.05) is 0 Å². The summed E-state index contributed by atoms with van der Waals surface area (Å²) in [5.41, 5.74) is 1.62. The first-order valence-corrected chi connectivity index (χ1v) is 5.55. The van der Waals surface area contributed by atoms with Gasteiger partial charge < -0.3 is 10.4 Å². The molecule has 0 aliphatic carbocycles. The molecule has 1 rings (SSSR count). The van der Waals surface area contributed by atoms with Crippen LogP contribution in [0.2, 0.25) is 0 Å². The van der Waals surface area contributed by atoms with Crippen molar-refractivity contribution in [2.24, 2.45) is 0 Å². The van der Waals surface area contributed by atoms with E-state index in [1.165, 1.54) is 0 Å². The van der Waals surface area contributed by atoms with Crippen LogP contribution in [0.25, 0.3) is 0 Å². The first-order valence-electron chi connectivity index (χ1n) is 4.47. The van der Waals surface area contributed by atoms with Crippen molar-refractivity contribution in [3.05, 3.63) is 39.5 Å². The molecule has 5 heteroatoms. The average Bonchev–Trinajstić information content (AvgIpc) is 2.19. The zero-order valence-corrected chi connectivity index (χ0v) is 10.7. The van der Waals surface area contributed by atoms with Gasteiger partial charge in [0, 0.05) is 21.4 Å². The smallest absolute Gasteiger partial charge is 0.328 e. The first-order chi connectivity index (χ1) is 7.49. The fraction of sp³-hybridized carbons (Fsp3) is 0.0909. The second kappa shape index (κ2) is 5.64. The summed E-state index contributed by atoms with van der Waals surface area (Å²) in [6.45, 7) is 1.87. The predicted molar refractivity (Wildman–Crippen MR) is 69.3 cm³/mol. The van der Waals surface area contributed by atoms with Crippen LogP contribution in [0.4, 0.5) is 5.69 Å². The van der Waals surface area contributed by atoms with Gasteiger partial charge in [0.15, 0.2) is 0 Å². The van der Waals surface area contributed by atoms with E-state index in [0.717, 1.165) is 21.3 Å². The molecule has 0 unspecified atom stereocenters. The maximum absolute atomic E-state index is 11.3. The standard InChI is InChI=1S/C11H10INO3/c1-7-6-8(12)2-3-9(7)13-10(14)4-5-11(15)16/h2-6H,1H3,(H,13,14)(H,15,16). The maximum atomic E-state index is 11.3. The summed E-state index contributed by atoms with van der Waals surface area (Å²) in [5, 5.41) is 11.0. The maximum Gasteiger partial charge on any atom is 0.328 e. The van der Waals surface area contributed by atoms with Crippen molar-refractivity contribution >= 4 is 40.2 Å². The van der Waals surface area contributed by atoms with E-state index in [2.05, 4.69) is 27.9 Å². The molecule has 4 nitrogen and oxygen atoms in total. The number of halogens is 1. The van der Waals surface area contributed by atoms with Crippen LogP contribution in [0.5, 0.6) is 0 Å². The number of carboxylic acids is 1. The largest absolute Gasteiger partial charge is 0.478 e. The van der Waals surface area contributed by atoms with E-state index in [0.29, 0.717) is 5.69 Å². The highest BCUT2D eigenvalue weighted by Crippen LogP contribution is 2.17. The molecule has 0 radical (unpaired) electrons. The number of carboxylic acid groups (broad SMARTS) is 1. The van der Waals surface area contributed by atoms with E-state index >= 15 is 0 Å². The average molecular weight is 331 g/mol. The van der Waals surface area contributed by atoms with Gasteiger partial charge in [-0.2, -0.15) is 0 Å². The van der Waals surface area contributed by atoms with Gasteiger partial charge in [0.25, 0.3) is 0 Å². The third kappa shape index (κ3) is 4.01. The zero-order valence-electron chi connectivity index (χ0n) is 8.53. The van der Waals surface area contributed by atoms with Gasteiger partial charge >= 0.3 is 5.97 Å². The zero-order chi connectivity index (χ0) is 12.1. The van der Waals surface area contributed by atoms with Gasteiger partial charge in [0.1, 0.15) is 0 Å². The highest BCUT2D eigenvalue weighted by atomic mass is 127. The van der Waals surface area contributed by atoms with Gasteiger partial charge in [-0.25, -0.2) is 4.79 Å². The fourth-order valence-electron chi connectivity index (χ4n) is 1.09. The molecule has 0 spiro atoms. The van der Waals surface area contributed by atoms with Crippen molar-refractivity contribution in [1.82, 2.24) is 0 Å². The van der Waals surface area contributed by atoms with Crippen molar-refractivity contribution in [2.75, 3.05) is 5.32 Å². The summed E-state index contributed by atoms with van der Waals surface area (Å²) >= 11 is 2.18. The summed E-state index contributed by atoms with van der Waals surface area (Å²) < 4.78 is 1.08. The molecule has 84 valence electrons. The van der Waals surface area contributed by atoms with Crippen LogP contribution in [-0.2, 0) is 9.59 Å². The number of aliphatic carboxylic acids is 1. The third-order valence-electron chi connectivity index (χ3n) is 1.82. The Kier molecular flexibility index (Phi) is 4.48. The number of nitrogens with one attached hydrogen (secondary N) is 1. The molecule has 0 fully saturated rings. The number of aryl methyl sites for hydroxylation is 1. The number of hydrogen-bond donors (Lipinski definition) is 2. The van der Waals surface area contributed by atoms with E-state index < -0.39 is 11.9 Å². The van der Waals surface area contributed by atoms with Crippen molar-refractivity contribution in [2.45, 2.75) is 6.92 Å². The fourth-order valence-corrected chi connectivity index (χ4v) is 1.74. The normalized spacial score (nSPS) is 10.4. The van der Waals surface area contributed by atoms with Crippen LogP contribution < -0.4 is 5.32 Å². The van der Waals surface area contributed by atoms with Crippen LogP contribution in [0.15, 0.2) is 30.4 Å². The van der Waals surface area contributed by atoms with Crippen LogP contribution >= 0.6 is 22.6 Å². The predicted octanol–water partition coefficient (Wildman–Crippen LogP) is 2.18. The van der Waals surface area contributed by atoms with Gasteiger partial charge in [0.05, 0.1) is 0 Å². The molecule has 2 N–H and O–H groups in total. The topological polar surface area (TPSA) is 66.4 Å². The molecule has 0 aromatic heterocycles. The van der Waals surface area contributed by atoms with E-state index in [4.69, 9.17) is 5.11 Å². The minimum atomic E-state index is -1.14. The number of benzene rings is 1. The van der Waals surface area contributed by atoms with Crippen molar-refractivity contribution < 1.29 is 14.7 Å². The van der Waals surface area contributed by atoms with E-state index in [1.54, 1.807) is 6.07 Å². The summed E-state index contributed by atoms with van der Waals surface area (Å²) in [7, 11) is 0. The second-order valence-corrected chi connectivity index (χ2v) is 4.37. The van der Waals surface area contributed by atoms with E-state index in [-0.39, 0.29) is 0 Å². The Bertz CT molecular complexity index is 455. The van der Waals surface area contributed by atoms with Crippen LogP contribution in [0.1, 0.15) is 5.56 Å². The number of carbonyl (C=O) groups excluding carboxylic acids is 1. The molecule has 0 aliphatic rings. The molecule has 0 saturated carbocycles. The van der Waals surface area contributed by atoms with Gasteiger partial charge in [-0.05, 0) is 53.3 Å². The van der Waals surface area contributed by atoms with Gasteiger partial charge in [-0.3, -0.25) is 4.79 Å². The molecule has 0 bridgehead atoms. The second-order valence-electron chi connectivity index (χ2n) is 3.12. The van der Waals surface area contributed by atoms with Crippen molar-refractivity contribution in [3.63, 3.8) is 0 Å². The number of anilines is 1.